The van der Waals surface area contributed by atoms with E-state index >= 15 is 0 Å². The topological polar surface area (TPSA) is 75.6 Å². The van der Waals surface area contributed by atoms with Crippen LogP contribution in [-0.2, 0) is 9.53 Å². The molecule has 0 saturated heterocycles. The van der Waals surface area contributed by atoms with Crippen LogP contribution in [0.25, 0.3) is 11.1 Å². The Kier molecular flexibility index (Phi) is 5.71. The second-order valence-corrected chi connectivity index (χ2v) is 7.65. The molecule has 31 heavy (non-hydrogen) atoms. The maximum Gasteiger partial charge on any atom is 0.407 e. The van der Waals surface area contributed by atoms with Crippen LogP contribution in [0.1, 0.15) is 40.6 Å². The maximum absolute atomic E-state index is 14.4. The molecule has 1 atom stereocenters. The number of ether oxygens (including phenoxy) is 1. The highest BCUT2D eigenvalue weighted by molar-refractivity contribution is 5.79. The van der Waals surface area contributed by atoms with Crippen molar-refractivity contribution in [3.63, 3.8) is 0 Å². The van der Waals surface area contributed by atoms with Gasteiger partial charge in [-0.2, -0.15) is 0 Å². The van der Waals surface area contributed by atoms with Crippen molar-refractivity contribution in [1.82, 2.24) is 5.32 Å². The molecule has 158 valence electrons. The van der Waals surface area contributed by atoms with Crippen molar-refractivity contribution in [2.24, 2.45) is 0 Å². The van der Waals surface area contributed by atoms with Crippen LogP contribution >= 0.6 is 0 Å². The third kappa shape index (κ3) is 4.28. The SMILES string of the molecule is Cc1ccc([C@H](CC(=O)O)NC(=O)OCC2c3ccccc3-c3ccccc32)c(F)c1. The molecule has 1 amide bonds. The van der Waals surface area contributed by atoms with Gasteiger partial charge >= 0.3 is 12.1 Å². The van der Waals surface area contributed by atoms with E-state index in [0.29, 0.717) is 5.56 Å². The number of halogens is 1. The van der Waals surface area contributed by atoms with E-state index in [0.717, 1.165) is 22.3 Å². The Morgan fingerprint density at radius 2 is 1.65 bits per heavy atom. The van der Waals surface area contributed by atoms with E-state index in [2.05, 4.69) is 5.32 Å². The lowest BCUT2D eigenvalue weighted by Gasteiger charge is -2.20. The minimum Gasteiger partial charge on any atom is -0.481 e. The van der Waals surface area contributed by atoms with Crippen molar-refractivity contribution >= 4 is 12.1 Å². The summed E-state index contributed by atoms with van der Waals surface area (Å²) in [6.45, 7) is 1.83. The molecular weight excluding hydrogens is 397 g/mol. The van der Waals surface area contributed by atoms with Gasteiger partial charge in [-0.25, -0.2) is 9.18 Å². The number of aryl methyl sites for hydroxylation is 1. The van der Waals surface area contributed by atoms with Crippen LogP contribution < -0.4 is 5.32 Å². The zero-order valence-electron chi connectivity index (χ0n) is 17.0. The van der Waals surface area contributed by atoms with Crippen molar-refractivity contribution in [2.75, 3.05) is 6.61 Å². The Hall–Kier alpha value is -3.67. The average molecular weight is 419 g/mol. The van der Waals surface area contributed by atoms with Crippen LogP contribution in [0.2, 0.25) is 0 Å². The Labute approximate surface area is 179 Å². The first kappa shape index (κ1) is 20.6. The van der Waals surface area contributed by atoms with Crippen molar-refractivity contribution in [2.45, 2.75) is 25.3 Å². The van der Waals surface area contributed by atoms with E-state index in [4.69, 9.17) is 4.74 Å². The molecule has 0 spiro atoms. The molecule has 2 N–H and O–H groups in total. The lowest BCUT2D eigenvalue weighted by molar-refractivity contribution is -0.137. The van der Waals surface area contributed by atoms with Gasteiger partial charge in [-0.05, 0) is 40.8 Å². The van der Waals surface area contributed by atoms with E-state index in [1.165, 1.54) is 12.1 Å². The molecule has 0 aromatic heterocycles. The van der Waals surface area contributed by atoms with Crippen LogP contribution in [0, 0.1) is 12.7 Å². The number of amides is 1. The van der Waals surface area contributed by atoms with Crippen LogP contribution in [0.5, 0.6) is 0 Å². The fourth-order valence-electron chi connectivity index (χ4n) is 4.11. The number of carboxylic acid groups (broad SMARTS) is 1. The van der Waals surface area contributed by atoms with E-state index < -0.39 is 30.3 Å². The van der Waals surface area contributed by atoms with Crippen molar-refractivity contribution in [3.8, 4) is 11.1 Å². The fourth-order valence-corrected chi connectivity index (χ4v) is 4.11. The van der Waals surface area contributed by atoms with Gasteiger partial charge in [0.2, 0.25) is 0 Å². The fraction of sp³-hybridized carbons (Fsp3) is 0.200. The molecule has 0 aliphatic heterocycles. The zero-order valence-corrected chi connectivity index (χ0v) is 17.0. The predicted octanol–water partition coefficient (Wildman–Crippen LogP) is 5.19. The van der Waals surface area contributed by atoms with Gasteiger partial charge in [0.05, 0.1) is 12.5 Å². The maximum atomic E-state index is 14.4. The van der Waals surface area contributed by atoms with E-state index in [1.807, 2.05) is 48.5 Å². The molecule has 0 saturated carbocycles. The highest BCUT2D eigenvalue weighted by Crippen LogP contribution is 2.44. The van der Waals surface area contributed by atoms with Gasteiger partial charge in [0.1, 0.15) is 12.4 Å². The van der Waals surface area contributed by atoms with Gasteiger partial charge in [0.25, 0.3) is 0 Å². The quantitative estimate of drug-likeness (QED) is 0.577. The summed E-state index contributed by atoms with van der Waals surface area (Å²) >= 11 is 0. The molecule has 6 heteroatoms. The van der Waals surface area contributed by atoms with Crippen LogP contribution in [0.4, 0.5) is 9.18 Å². The monoisotopic (exact) mass is 419 g/mol. The van der Waals surface area contributed by atoms with E-state index in [9.17, 15) is 19.1 Å². The summed E-state index contributed by atoms with van der Waals surface area (Å²) in [6.07, 6.45) is -1.24. The minimum absolute atomic E-state index is 0.0933. The van der Waals surface area contributed by atoms with Crippen molar-refractivity contribution in [3.05, 3.63) is 94.8 Å². The lowest BCUT2D eigenvalue weighted by atomic mass is 9.98. The molecular formula is C25H22FNO4. The Morgan fingerprint density at radius 3 is 2.23 bits per heavy atom. The molecule has 3 aromatic rings. The van der Waals surface area contributed by atoms with E-state index in [-0.39, 0.29) is 18.1 Å². The Morgan fingerprint density at radius 1 is 1.03 bits per heavy atom. The largest absolute Gasteiger partial charge is 0.481 e. The lowest BCUT2D eigenvalue weighted by Crippen LogP contribution is -2.32. The molecule has 0 fully saturated rings. The summed E-state index contributed by atoms with van der Waals surface area (Å²) in [6, 6.07) is 19.4. The number of nitrogens with one attached hydrogen (secondary N) is 1. The van der Waals surface area contributed by atoms with Crippen LogP contribution in [0.15, 0.2) is 66.7 Å². The molecule has 0 bridgehead atoms. The second-order valence-electron chi connectivity index (χ2n) is 7.65. The second kappa shape index (κ2) is 8.60. The molecule has 0 radical (unpaired) electrons. The first-order chi connectivity index (χ1) is 14.9. The third-order valence-electron chi connectivity index (χ3n) is 5.55. The molecule has 0 heterocycles. The van der Waals surface area contributed by atoms with Crippen molar-refractivity contribution in [1.29, 1.82) is 0 Å². The van der Waals surface area contributed by atoms with Gasteiger partial charge in [0.15, 0.2) is 0 Å². The highest BCUT2D eigenvalue weighted by Gasteiger charge is 2.29. The Balaban J connectivity index is 1.50. The zero-order chi connectivity index (χ0) is 22.0. The first-order valence-corrected chi connectivity index (χ1v) is 10.0. The number of hydrogen-bond acceptors (Lipinski definition) is 3. The number of hydrogen-bond donors (Lipinski definition) is 2. The molecule has 1 aliphatic rings. The van der Waals surface area contributed by atoms with Gasteiger partial charge < -0.3 is 15.2 Å². The van der Waals surface area contributed by atoms with Gasteiger partial charge in [-0.15, -0.1) is 0 Å². The number of fused-ring (bicyclic) bond motifs is 3. The number of rotatable bonds is 6. The molecule has 4 rings (SSSR count). The Bertz CT molecular complexity index is 1100. The standard InChI is InChI=1S/C25H22FNO4/c1-15-10-11-20(22(26)12-15)23(13-24(28)29)27-25(30)31-14-21-18-8-4-2-6-16(18)17-7-3-5-9-19(17)21/h2-12,21,23H,13-14H2,1H3,(H,27,30)(H,28,29)/t23-/m0/s1. The normalized spacial score (nSPS) is 13.2. The molecule has 5 nitrogen and oxygen atoms in total. The number of carbonyl (C=O) groups is 2. The van der Waals surface area contributed by atoms with Gasteiger partial charge in [0, 0.05) is 11.5 Å². The highest BCUT2D eigenvalue weighted by atomic mass is 19.1. The number of carbonyl (C=O) groups excluding carboxylic acids is 1. The smallest absolute Gasteiger partial charge is 0.407 e. The summed E-state index contributed by atoms with van der Waals surface area (Å²) in [4.78, 5) is 23.8. The molecule has 3 aromatic carbocycles. The average Bonchev–Trinajstić information content (AvgIpc) is 3.05. The third-order valence-corrected chi connectivity index (χ3v) is 5.55. The summed E-state index contributed by atoms with van der Waals surface area (Å²) in [5.74, 6) is -1.83. The van der Waals surface area contributed by atoms with Gasteiger partial charge in [-0.1, -0.05) is 60.7 Å². The van der Waals surface area contributed by atoms with Crippen LogP contribution in [-0.4, -0.2) is 23.8 Å². The summed E-state index contributed by atoms with van der Waals surface area (Å²) < 4.78 is 19.8. The van der Waals surface area contributed by atoms with Crippen LogP contribution in [0.3, 0.4) is 0 Å². The molecule has 1 aliphatic carbocycles. The summed E-state index contributed by atoms with van der Waals surface area (Å²) in [5, 5.41) is 11.7. The van der Waals surface area contributed by atoms with Crippen molar-refractivity contribution < 1.29 is 23.8 Å². The number of carboxylic acids is 1. The minimum atomic E-state index is -1.15. The summed E-state index contributed by atoms with van der Waals surface area (Å²) in [7, 11) is 0. The summed E-state index contributed by atoms with van der Waals surface area (Å²) in [5.41, 5.74) is 5.18. The predicted molar refractivity (Wildman–Crippen MR) is 114 cm³/mol. The number of aliphatic carboxylic acids is 1. The number of alkyl carbamates (subject to hydrolysis) is 1. The number of benzene rings is 3. The first-order valence-electron chi connectivity index (χ1n) is 10.0. The van der Waals surface area contributed by atoms with Gasteiger partial charge in [-0.3, -0.25) is 4.79 Å². The van der Waals surface area contributed by atoms with E-state index in [1.54, 1.807) is 13.0 Å². The molecule has 0 unspecified atom stereocenters.